The Hall–Kier alpha value is -0.720. The third-order valence-corrected chi connectivity index (χ3v) is 6.89. The van der Waals surface area contributed by atoms with Crippen LogP contribution in [0.15, 0.2) is 30.3 Å². The Balaban J connectivity index is 2.11. The minimum Gasteiger partial charge on any atom is -0.143 e. The Bertz CT molecular complexity index is 559. The third-order valence-electron chi connectivity index (χ3n) is 5.80. The molecule has 1 aliphatic carbocycles. The van der Waals surface area contributed by atoms with Crippen LogP contribution in [-0.2, 0) is 14.5 Å². The Labute approximate surface area is 155 Å². The fraction of sp³-hybridized carbons (Fsp3) is 0.727. The van der Waals surface area contributed by atoms with E-state index in [2.05, 4.69) is 71.9 Å². The van der Waals surface area contributed by atoms with Crippen LogP contribution in [0.2, 0.25) is 0 Å². The van der Waals surface area contributed by atoms with E-state index in [4.69, 9.17) is 4.52 Å². The second-order valence-corrected chi connectivity index (χ2v) is 10.9. The van der Waals surface area contributed by atoms with Gasteiger partial charge in [-0.3, -0.25) is 0 Å². The number of rotatable bonds is 6. The molecule has 1 saturated carbocycles. The van der Waals surface area contributed by atoms with Gasteiger partial charge in [0.1, 0.15) is 6.10 Å². The maximum atomic E-state index is 12.6. The first-order valence-electron chi connectivity index (χ1n) is 9.76. The van der Waals surface area contributed by atoms with Gasteiger partial charge in [-0.15, -0.1) is 4.52 Å². The highest BCUT2D eigenvalue weighted by Crippen LogP contribution is 2.46. The van der Waals surface area contributed by atoms with Gasteiger partial charge in [-0.05, 0) is 52.1 Å². The second kappa shape index (κ2) is 8.31. The van der Waals surface area contributed by atoms with Crippen LogP contribution in [-0.4, -0.2) is 12.3 Å². The largest absolute Gasteiger partial charge is 0.508 e. The molecule has 3 heteroatoms. The van der Waals surface area contributed by atoms with Crippen LogP contribution < -0.4 is 0 Å². The van der Waals surface area contributed by atoms with Crippen LogP contribution in [0.4, 0.5) is 0 Å². The molecule has 0 bridgehead atoms. The molecule has 140 valence electrons. The summed E-state index contributed by atoms with van der Waals surface area (Å²) in [7, 11) is -1.58. The van der Waals surface area contributed by atoms with Crippen molar-refractivity contribution in [1.82, 2.24) is 0 Å². The van der Waals surface area contributed by atoms with E-state index in [1.54, 1.807) is 0 Å². The molecule has 2 rings (SSSR count). The van der Waals surface area contributed by atoms with Crippen molar-refractivity contribution < 1.29 is 9.09 Å². The van der Waals surface area contributed by atoms with E-state index < -0.39 is 8.03 Å². The molecule has 0 heterocycles. The average molecular weight is 364 g/mol. The molecule has 0 N–H and O–H groups in total. The molecule has 0 spiro atoms. The van der Waals surface area contributed by atoms with Gasteiger partial charge >= 0.3 is 8.03 Å². The highest BCUT2D eigenvalue weighted by molar-refractivity contribution is 7.39. The second-order valence-electron chi connectivity index (χ2n) is 9.62. The molecule has 1 aromatic rings. The zero-order chi connectivity index (χ0) is 18.7. The van der Waals surface area contributed by atoms with E-state index >= 15 is 0 Å². The predicted octanol–water partition coefficient (Wildman–Crippen LogP) is 6.96. The van der Waals surface area contributed by atoms with Crippen LogP contribution in [0.5, 0.6) is 0 Å². The van der Waals surface area contributed by atoms with Crippen LogP contribution in [0.25, 0.3) is 0 Å². The van der Waals surface area contributed by atoms with Crippen molar-refractivity contribution in [2.45, 2.75) is 78.7 Å². The molecule has 4 atom stereocenters. The van der Waals surface area contributed by atoms with Crippen molar-refractivity contribution in [1.29, 1.82) is 0 Å². The van der Waals surface area contributed by atoms with Crippen LogP contribution in [0, 0.1) is 17.3 Å². The van der Waals surface area contributed by atoms with Crippen molar-refractivity contribution in [3.05, 3.63) is 35.9 Å². The molecular formula is C22H36O2P+. The fourth-order valence-electron chi connectivity index (χ4n) is 3.98. The Kier molecular flexibility index (Phi) is 6.85. The quantitative estimate of drug-likeness (QED) is 0.510. The lowest BCUT2D eigenvalue weighted by atomic mass is 9.64. The summed E-state index contributed by atoms with van der Waals surface area (Å²) < 4.78 is 18.8. The van der Waals surface area contributed by atoms with Crippen LogP contribution in [0.3, 0.4) is 0 Å². The van der Waals surface area contributed by atoms with Gasteiger partial charge in [0.2, 0.25) is 0 Å². The highest BCUT2D eigenvalue weighted by atomic mass is 31.1. The highest BCUT2D eigenvalue weighted by Gasteiger charge is 2.44. The summed E-state index contributed by atoms with van der Waals surface area (Å²) in [6.07, 6.45) is 5.12. The topological polar surface area (TPSA) is 26.3 Å². The van der Waals surface area contributed by atoms with Crippen molar-refractivity contribution in [3.8, 4) is 0 Å². The first kappa shape index (κ1) is 20.6. The SMILES string of the molecule is C[C@@H]1CC[C@@H](C(C)(C)c2ccccc2)[C@H](O[P+](=O)CCC(C)(C)C)C1. The first-order chi connectivity index (χ1) is 11.6. The smallest absolute Gasteiger partial charge is 0.143 e. The van der Waals surface area contributed by atoms with E-state index in [9.17, 15) is 4.57 Å². The molecule has 25 heavy (non-hydrogen) atoms. The van der Waals surface area contributed by atoms with Crippen LogP contribution >= 0.6 is 8.03 Å². The van der Waals surface area contributed by atoms with Crippen molar-refractivity contribution in [2.75, 3.05) is 6.16 Å². The van der Waals surface area contributed by atoms with Crippen LogP contribution in [0.1, 0.15) is 72.8 Å². The maximum Gasteiger partial charge on any atom is 0.508 e. The predicted molar refractivity (Wildman–Crippen MR) is 107 cm³/mol. The first-order valence-corrected chi connectivity index (χ1v) is 11.1. The molecule has 0 radical (unpaired) electrons. The van der Waals surface area contributed by atoms with Gasteiger partial charge in [0, 0.05) is 0 Å². The summed E-state index contributed by atoms with van der Waals surface area (Å²) in [5, 5.41) is 0. The molecule has 1 aliphatic rings. The maximum absolute atomic E-state index is 12.6. The molecule has 0 amide bonds. The lowest BCUT2D eigenvalue weighted by Crippen LogP contribution is -2.41. The van der Waals surface area contributed by atoms with Gasteiger partial charge in [0.15, 0.2) is 6.16 Å². The zero-order valence-electron chi connectivity index (χ0n) is 16.9. The summed E-state index contributed by atoms with van der Waals surface area (Å²) in [4.78, 5) is 0. The minimum absolute atomic E-state index is 0.0340. The Morgan fingerprint density at radius 3 is 2.32 bits per heavy atom. The van der Waals surface area contributed by atoms with Crippen molar-refractivity contribution in [3.63, 3.8) is 0 Å². The number of hydrogen-bond donors (Lipinski definition) is 0. The Morgan fingerprint density at radius 1 is 1.08 bits per heavy atom. The molecule has 2 nitrogen and oxygen atoms in total. The fourth-order valence-corrected chi connectivity index (χ4v) is 5.48. The van der Waals surface area contributed by atoms with Crippen molar-refractivity contribution >= 4 is 8.03 Å². The summed E-state index contributed by atoms with van der Waals surface area (Å²) in [6, 6.07) is 10.7. The van der Waals surface area contributed by atoms with E-state index in [0.717, 1.165) is 19.3 Å². The summed E-state index contributed by atoms with van der Waals surface area (Å²) in [5.74, 6) is 1.07. The zero-order valence-corrected chi connectivity index (χ0v) is 17.8. The molecule has 0 saturated heterocycles. The third kappa shape index (κ3) is 5.90. The Morgan fingerprint density at radius 2 is 1.72 bits per heavy atom. The molecule has 0 aromatic heterocycles. The van der Waals surface area contributed by atoms with E-state index in [1.165, 1.54) is 12.0 Å². The molecule has 1 unspecified atom stereocenters. The van der Waals surface area contributed by atoms with Gasteiger partial charge in [0.25, 0.3) is 0 Å². The minimum atomic E-state index is -1.58. The lowest BCUT2D eigenvalue weighted by molar-refractivity contribution is 0.0383. The van der Waals surface area contributed by atoms with Gasteiger partial charge in [-0.1, -0.05) is 78.3 Å². The van der Waals surface area contributed by atoms with Crippen molar-refractivity contribution in [2.24, 2.45) is 17.3 Å². The standard InChI is InChI=1S/C22H36O2P/c1-17-12-13-19(22(5,6)18-10-8-7-9-11-18)20(16-17)24-25(23)15-14-21(2,3)4/h7-11,17,19-20H,12-16H2,1-6H3/q+1/t17-,19-,20-/m1/s1. The van der Waals surface area contributed by atoms with E-state index in [-0.39, 0.29) is 16.9 Å². The molecular weight excluding hydrogens is 327 g/mol. The molecule has 1 fully saturated rings. The number of hydrogen-bond acceptors (Lipinski definition) is 2. The van der Waals surface area contributed by atoms with Gasteiger partial charge < -0.3 is 0 Å². The van der Waals surface area contributed by atoms with Gasteiger partial charge in [-0.2, -0.15) is 0 Å². The monoisotopic (exact) mass is 363 g/mol. The normalized spacial score (nSPS) is 25.7. The summed E-state index contributed by atoms with van der Waals surface area (Å²) >= 11 is 0. The summed E-state index contributed by atoms with van der Waals surface area (Å²) in [6.45, 7) is 13.5. The van der Waals surface area contributed by atoms with E-state index in [0.29, 0.717) is 18.0 Å². The lowest BCUT2D eigenvalue weighted by Gasteiger charge is -2.42. The molecule has 0 aliphatic heterocycles. The van der Waals surface area contributed by atoms with E-state index in [1.807, 2.05) is 0 Å². The van der Waals surface area contributed by atoms with Gasteiger partial charge in [0.05, 0.1) is 0 Å². The number of benzene rings is 1. The molecule has 1 aromatic carbocycles. The summed E-state index contributed by atoms with van der Waals surface area (Å²) in [5.41, 5.74) is 1.59. The average Bonchev–Trinajstić information content (AvgIpc) is 2.53. The van der Waals surface area contributed by atoms with Gasteiger partial charge in [-0.25, -0.2) is 0 Å².